The molecule has 274 valence electrons. The van der Waals surface area contributed by atoms with E-state index in [1.165, 1.54) is 39.5 Å². The fourth-order valence-corrected chi connectivity index (χ4v) is 5.42. The van der Waals surface area contributed by atoms with Gasteiger partial charge in [0.1, 0.15) is 43.7 Å². The minimum Gasteiger partial charge on any atom is -0.493 e. The maximum Gasteiger partial charge on any atom is 0.338 e. The van der Waals surface area contributed by atoms with Gasteiger partial charge in [0.25, 0.3) is 0 Å². The van der Waals surface area contributed by atoms with Crippen LogP contribution in [0.5, 0.6) is 17.2 Å². The maximum absolute atomic E-state index is 13.0. The molecule has 9 atom stereocenters. The van der Waals surface area contributed by atoms with Gasteiger partial charge in [0.05, 0.1) is 33.5 Å². The number of ether oxygens (including phenoxy) is 9. The predicted molar refractivity (Wildman–Crippen MR) is 167 cm³/mol. The average Bonchev–Trinajstić information content (AvgIpc) is 3.38. The van der Waals surface area contributed by atoms with Gasteiger partial charge in [0, 0.05) is 13.0 Å². The largest absolute Gasteiger partial charge is 0.493 e. The van der Waals surface area contributed by atoms with E-state index in [-0.39, 0.29) is 5.56 Å². The number of methoxy groups -OCH3 is 3. The second kappa shape index (κ2) is 17.1. The molecule has 0 unspecified atom stereocenters. The van der Waals surface area contributed by atoms with Crippen LogP contribution in [0.3, 0.4) is 0 Å². The molecule has 0 saturated carbocycles. The third kappa shape index (κ3) is 8.51. The summed E-state index contributed by atoms with van der Waals surface area (Å²) in [6.45, 7) is -1.49. The van der Waals surface area contributed by atoms with Gasteiger partial charge in [-0.1, -0.05) is 18.2 Å². The molecule has 5 N–H and O–H groups in total. The number of esters is 3. The van der Waals surface area contributed by atoms with Crippen molar-refractivity contribution in [1.82, 2.24) is 0 Å². The predicted octanol–water partition coefficient (Wildman–Crippen LogP) is -0.670. The Morgan fingerprint density at radius 2 is 1.54 bits per heavy atom. The molecule has 4 rings (SSSR count). The van der Waals surface area contributed by atoms with Crippen molar-refractivity contribution >= 4 is 24.0 Å². The molecule has 2 aromatic carbocycles. The van der Waals surface area contributed by atoms with Crippen LogP contribution in [0.25, 0.3) is 6.08 Å². The molecule has 0 aromatic heterocycles. The van der Waals surface area contributed by atoms with Gasteiger partial charge in [-0.05, 0) is 35.9 Å². The molecular weight excluding hydrogens is 668 g/mol. The zero-order chi connectivity index (χ0) is 36.6. The molecule has 2 saturated heterocycles. The van der Waals surface area contributed by atoms with Gasteiger partial charge in [-0.15, -0.1) is 0 Å². The van der Waals surface area contributed by atoms with Gasteiger partial charge in [0.2, 0.25) is 11.5 Å². The molecule has 2 heterocycles. The summed E-state index contributed by atoms with van der Waals surface area (Å²) in [4.78, 5) is 37.5. The van der Waals surface area contributed by atoms with Crippen LogP contribution in [0.1, 0.15) is 22.8 Å². The van der Waals surface area contributed by atoms with Crippen LogP contribution >= 0.6 is 0 Å². The van der Waals surface area contributed by atoms with Crippen molar-refractivity contribution in [3.05, 3.63) is 59.7 Å². The highest BCUT2D eigenvalue weighted by molar-refractivity contribution is 5.89. The fraction of sp³-hybridized carbons (Fsp3) is 0.485. The van der Waals surface area contributed by atoms with Gasteiger partial charge in [0.15, 0.2) is 30.0 Å². The number of rotatable bonds is 14. The van der Waals surface area contributed by atoms with Crippen molar-refractivity contribution in [3.63, 3.8) is 0 Å². The van der Waals surface area contributed by atoms with E-state index >= 15 is 0 Å². The molecule has 2 fully saturated rings. The summed E-state index contributed by atoms with van der Waals surface area (Å²) in [6, 6.07) is 11.0. The second-order valence-electron chi connectivity index (χ2n) is 11.1. The zero-order valence-corrected chi connectivity index (χ0v) is 27.6. The normalized spacial score (nSPS) is 29.3. The summed E-state index contributed by atoms with van der Waals surface area (Å²) >= 11 is 0. The van der Waals surface area contributed by atoms with E-state index in [0.717, 1.165) is 13.0 Å². The van der Waals surface area contributed by atoms with E-state index in [4.69, 9.17) is 42.6 Å². The van der Waals surface area contributed by atoms with Gasteiger partial charge in [-0.2, -0.15) is 0 Å². The molecule has 2 aliphatic rings. The van der Waals surface area contributed by atoms with Crippen LogP contribution in [-0.2, 0) is 38.0 Å². The SMILES string of the molecule is COc1cc(/C=C/C(=O)O[C@H]2[C@H](O)[C@@H](CO)O[C@@]2(CO)O[C@H]2O[C@H](COC(=O)c3ccccc3)[C@@H](OC(C)=O)[C@H](O)[C@H]2O)cc(OC)c1OC. The molecule has 0 spiro atoms. The van der Waals surface area contributed by atoms with Gasteiger partial charge < -0.3 is 68.2 Å². The first-order chi connectivity index (χ1) is 23.9. The molecule has 2 aliphatic heterocycles. The third-order valence-electron chi connectivity index (χ3n) is 7.86. The van der Waals surface area contributed by atoms with E-state index < -0.39 is 92.5 Å². The van der Waals surface area contributed by atoms with Crippen LogP contribution in [-0.4, -0.2) is 139 Å². The summed E-state index contributed by atoms with van der Waals surface area (Å²) in [5.74, 6) is -4.25. The number of carbonyl (C=O) groups excluding carboxylic acids is 3. The van der Waals surface area contributed by atoms with Crippen molar-refractivity contribution < 1.29 is 82.5 Å². The number of carbonyl (C=O) groups is 3. The Balaban J connectivity index is 1.56. The van der Waals surface area contributed by atoms with Gasteiger partial charge in [-0.3, -0.25) is 4.79 Å². The molecule has 17 nitrogen and oxygen atoms in total. The molecule has 0 aliphatic carbocycles. The minimum absolute atomic E-state index is 0.187. The molecule has 50 heavy (non-hydrogen) atoms. The quantitative estimate of drug-likeness (QED) is 0.0930. The standard InChI is InChI=1S/C33H40O17/c1-17(36)46-29-23(15-45-31(41)19-8-6-5-7-9-19)47-32(27(40)26(29)39)50-33(16-35)30(25(38)22(14-34)49-33)48-24(37)11-10-18-12-20(42-2)28(44-4)21(13-18)43-3/h5-13,22-23,25-27,29-30,32,34-35,38-40H,14-16H2,1-4H3/b11-10+/t22-,23-,25-,26-,27-,29-,30+,32-,33+/m1/s1. The molecule has 0 radical (unpaired) electrons. The minimum atomic E-state index is -2.48. The number of benzene rings is 2. The van der Waals surface area contributed by atoms with Crippen molar-refractivity contribution in [3.8, 4) is 17.2 Å². The van der Waals surface area contributed by atoms with Crippen molar-refractivity contribution in [2.24, 2.45) is 0 Å². The fourth-order valence-electron chi connectivity index (χ4n) is 5.42. The Kier molecular flexibility index (Phi) is 13.1. The topological polar surface area (TPSA) is 235 Å². The summed E-state index contributed by atoms with van der Waals surface area (Å²) in [6.07, 6.45) is -11.5. The number of hydrogen-bond acceptors (Lipinski definition) is 17. The monoisotopic (exact) mass is 708 g/mol. The Bertz CT molecular complexity index is 1470. The smallest absolute Gasteiger partial charge is 0.338 e. The lowest BCUT2D eigenvalue weighted by Gasteiger charge is -2.44. The van der Waals surface area contributed by atoms with Crippen molar-refractivity contribution in [2.75, 3.05) is 41.2 Å². The summed E-state index contributed by atoms with van der Waals surface area (Å²) < 4.78 is 49.0. The van der Waals surface area contributed by atoms with E-state index in [1.54, 1.807) is 30.3 Å². The van der Waals surface area contributed by atoms with E-state index in [1.807, 2.05) is 0 Å². The van der Waals surface area contributed by atoms with Crippen LogP contribution < -0.4 is 14.2 Å². The molecule has 0 amide bonds. The lowest BCUT2D eigenvalue weighted by molar-refractivity contribution is -0.383. The highest BCUT2D eigenvalue weighted by Crippen LogP contribution is 2.40. The van der Waals surface area contributed by atoms with E-state index in [2.05, 4.69) is 0 Å². The average molecular weight is 709 g/mol. The second-order valence-corrected chi connectivity index (χ2v) is 11.1. The Hall–Kier alpha value is -4.33. The Morgan fingerprint density at radius 1 is 0.880 bits per heavy atom. The number of aliphatic hydroxyl groups excluding tert-OH is 5. The van der Waals surface area contributed by atoms with Crippen LogP contribution in [0.4, 0.5) is 0 Å². The lowest BCUT2D eigenvalue weighted by Crippen LogP contribution is -2.64. The van der Waals surface area contributed by atoms with Crippen LogP contribution in [0, 0.1) is 0 Å². The Morgan fingerprint density at radius 3 is 2.10 bits per heavy atom. The van der Waals surface area contributed by atoms with Crippen LogP contribution in [0.15, 0.2) is 48.5 Å². The summed E-state index contributed by atoms with van der Waals surface area (Å²) in [5, 5.41) is 53.2. The summed E-state index contributed by atoms with van der Waals surface area (Å²) in [5.41, 5.74) is 0.610. The first kappa shape index (κ1) is 38.5. The molecule has 2 aromatic rings. The van der Waals surface area contributed by atoms with Gasteiger partial charge >= 0.3 is 17.9 Å². The van der Waals surface area contributed by atoms with Crippen molar-refractivity contribution in [1.29, 1.82) is 0 Å². The molecule has 17 heteroatoms. The van der Waals surface area contributed by atoms with Gasteiger partial charge in [-0.25, -0.2) is 9.59 Å². The third-order valence-corrected chi connectivity index (χ3v) is 7.86. The van der Waals surface area contributed by atoms with E-state index in [9.17, 15) is 39.9 Å². The zero-order valence-electron chi connectivity index (χ0n) is 27.6. The first-order valence-electron chi connectivity index (χ1n) is 15.3. The lowest BCUT2D eigenvalue weighted by atomic mass is 9.98. The molecular formula is C33H40O17. The first-order valence-corrected chi connectivity index (χ1v) is 15.3. The highest BCUT2D eigenvalue weighted by atomic mass is 16.8. The summed E-state index contributed by atoms with van der Waals surface area (Å²) in [7, 11) is 4.25. The van der Waals surface area contributed by atoms with E-state index in [0.29, 0.717) is 22.8 Å². The number of aliphatic hydroxyl groups is 5. The maximum atomic E-state index is 13.0. The highest BCUT2D eigenvalue weighted by Gasteiger charge is 2.61. The molecule has 0 bridgehead atoms. The van der Waals surface area contributed by atoms with Crippen LogP contribution in [0.2, 0.25) is 0 Å². The van der Waals surface area contributed by atoms with Crippen molar-refractivity contribution in [2.45, 2.75) is 61.7 Å². The Labute approximate surface area is 286 Å². The number of hydrogen-bond donors (Lipinski definition) is 5.